The van der Waals surface area contributed by atoms with Crippen molar-refractivity contribution < 1.29 is 44.7 Å². The summed E-state index contributed by atoms with van der Waals surface area (Å²) in [7, 11) is -7.66. The maximum absolute atomic E-state index is 13.6. The summed E-state index contributed by atoms with van der Waals surface area (Å²) in [6.45, 7) is -0.262. The average Bonchev–Trinajstić information content (AvgIpc) is 2.90. The van der Waals surface area contributed by atoms with E-state index >= 15 is 0 Å². The zero-order valence-electron chi connectivity index (χ0n) is 20.7. The highest BCUT2D eigenvalue weighted by Gasteiger charge is 2.38. The summed E-state index contributed by atoms with van der Waals surface area (Å²) in [6.07, 6.45) is -5.33. The van der Waals surface area contributed by atoms with Crippen molar-refractivity contribution in [3.8, 4) is 0 Å². The molecule has 0 radical (unpaired) electrons. The first-order chi connectivity index (χ1) is 18.1. The smallest absolute Gasteiger partial charge is 0.417 e. The number of alkyl halides is 3. The maximum Gasteiger partial charge on any atom is 0.417 e. The van der Waals surface area contributed by atoms with Crippen LogP contribution in [0.3, 0.4) is 0 Å². The van der Waals surface area contributed by atoms with Crippen LogP contribution in [0, 0.1) is 0 Å². The summed E-state index contributed by atoms with van der Waals surface area (Å²) in [6, 6.07) is 7.58. The predicted octanol–water partition coefficient (Wildman–Crippen LogP) is 2.60. The van der Waals surface area contributed by atoms with Crippen molar-refractivity contribution in [3.63, 3.8) is 0 Å². The third kappa shape index (κ3) is 7.19. The Balaban J connectivity index is 1.70. The number of nitrogens with zero attached hydrogens (tertiary/aromatic N) is 2. The number of sulfone groups is 1. The number of halogens is 3. The molecule has 1 aliphatic rings. The molecule has 1 saturated heterocycles. The van der Waals surface area contributed by atoms with Crippen LogP contribution in [0.1, 0.15) is 18.4 Å². The number of likely N-dealkylation sites (tertiary alicyclic amines) is 1. The molecule has 214 valence electrons. The Hall–Kier alpha value is -3.37. The molecular weight excluding hydrogens is 565 g/mol. The summed E-state index contributed by atoms with van der Waals surface area (Å²) in [5.41, 5.74) is -1.54. The molecule has 1 aliphatic heterocycles. The van der Waals surface area contributed by atoms with Gasteiger partial charge in [-0.05, 0) is 43.2 Å². The number of piperidine rings is 1. The second kappa shape index (κ2) is 11.8. The van der Waals surface area contributed by atoms with Crippen molar-refractivity contribution in [1.82, 2.24) is 19.8 Å². The first-order valence-corrected chi connectivity index (χ1v) is 14.6. The van der Waals surface area contributed by atoms with Crippen molar-refractivity contribution in [2.24, 2.45) is 0 Å². The molecule has 0 spiro atoms. The summed E-state index contributed by atoms with van der Waals surface area (Å²) in [5.74, 6) is 0. The van der Waals surface area contributed by atoms with Gasteiger partial charge in [-0.15, -0.1) is 0 Å². The minimum atomic E-state index is -5.09. The lowest BCUT2D eigenvalue weighted by molar-refractivity contribution is -0.139. The van der Waals surface area contributed by atoms with Crippen molar-refractivity contribution >= 4 is 32.0 Å². The molecule has 0 unspecified atom stereocenters. The fraction of sp³-hybridized carbons (Fsp3) is 0.391. The fourth-order valence-electron chi connectivity index (χ4n) is 4.03. The van der Waals surface area contributed by atoms with E-state index in [2.05, 4.69) is 5.32 Å². The van der Waals surface area contributed by atoms with E-state index in [0.717, 1.165) is 0 Å². The van der Waals surface area contributed by atoms with Gasteiger partial charge in [0.1, 0.15) is 0 Å². The molecular formula is C23H27F3N4O7S2. The normalized spacial score (nSPS) is 15.1. The van der Waals surface area contributed by atoms with Gasteiger partial charge in [0, 0.05) is 39.3 Å². The third-order valence-corrected chi connectivity index (χ3v) is 9.48. The first-order valence-electron chi connectivity index (χ1n) is 11.6. The quantitative estimate of drug-likeness (QED) is 0.398. The molecule has 1 fully saturated rings. The molecule has 0 bridgehead atoms. The molecule has 0 aliphatic carbocycles. The van der Waals surface area contributed by atoms with Gasteiger partial charge in [-0.1, -0.05) is 18.2 Å². The van der Waals surface area contributed by atoms with Crippen molar-refractivity contribution in [2.45, 2.75) is 39.7 Å². The minimum Gasteiger partial charge on any atom is -0.465 e. The van der Waals surface area contributed by atoms with E-state index < -0.39 is 60.1 Å². The van der Waals surface area contributed by atoms with Crippen LogP contribution in [-0.2, 0) is 26.0 Å². The fourth-order valence-corrected chi connectivity index (χ4v) is 6.69. The van der Waals surface area contributed by atoms with E-state index in [1.807, 2.05) is 4.72 Å². The predicted molar refractivity (Wildman–Crippen MR) is 132 cm³/mol. The topological polar surface area (TPSA) is 153 Å². The molecule has 3 rings (SSSR count). The molecule has 11 nitrogen and oxygen atoms in total. The van der Waals surface area contributed by atoms with E-state index in [1.165, 1.54) is 41.1 Å². The Kier molecular flexibility index (Phi) is 9.12. The van der Waals surface area contributed by atoms with Gasteiger partial charge in [-0.25, -0.2) is 31.1 Å². The molecule has 16 heteroatoms. The Morgan fingerprint density at radius 3 is 2.18 bits per heavy atom. The number of nitrogens with one attached hydrogen (secondary N) is 2. The molecule has 2 aromatic rings. The molecule has 2 aromatic carbocycles. The van der Waals surface area contributed by atoms with E-state index in [1.54, 1.807) is 6.07 Å². The van der Waals surface area contributed by atoms with E-state index in [9.17, 15) is 39.6 Å². The number of carbonyl (C=O) groups is 2. The van der Waals surface area contributed by atoms with Gasteiger partial charge in [0.25, 0.3) is 0 Å². The zero-order chi connectivity index (χ0) is 29.0. The van der Waals surface area contributed by atoms with Crippen LogP contribution in [0.25, 0.3) is 0 Å². The number of urea groups is 1. The number of carboxylic acid groups (broad SMARTS) is 1. The molecule has 0 aromatic heterocycles. The highest BCUT2D eigenvalue weighted by molar-refractivity contribution is 7.91. The Labute approximate surface area is 223 Å². The molecule has 3 N–H and O–H groups in total. The Morgan fingerprint density at radius 2 is 1.62 bits per heavy atom. The second-order valence-corrected chi connectivity index (χ2v) is 12.4. The van der Waals surface area contributed by atoms with Gasteiger partial charge < -0.3 is 20.2 Å². The van der Waals surface area contributed by atoms with Crippen LogP contribution in [-0.4, -0.2) is 83.1 Å². The number of hydrogen-bond donors (Lipinski definition) is 3. The maximum atomic E-state index is 13.6. The van der Waals surface area contributed by atoms with Gasteiger partial charge in [-0.3, -0.25) is 0 Å². The van der Waals surface area contributed by atoms with Gasteiger partial charge in [0.05, 0.1) is 20.2 Å². The van der Waals surface area contributed by atoms with Crippen LogP contribution < -0.4 is 10.0 Å². The van der Waals surface area contributed by atoms with Crippen LogP contribution >= 0.6 is 0 Å². The largest absolute Gasteiger partial charge is 0.465 e. The molecule has 1 heterocycles. The third-order valence-electron chi connectivity index (χ3n) is 6.21. The van der Waals surface area contributed by atoms with Crippen molar-refractivity contribution in [3.05, 3.63) is 54.1 Å². The lowest BCUT2D eigenvalue weighted by atomic mass is 10.0. The number of amides is 3. The lowest BCUT2D eigenvalue weighted by Crippen LogP contribution is -2.50. The summed E-state index contributed by atoms with van der Waals surface area (Å²) in [5, 5.41) is 11.5. The summed E-state index contributed by atoms with van der Waals surface area (Å²) < 4.78 is 94.3. The SMILES string of the molecule is CN(C(=O)NCCNS(=O)(=O)c1cc(S(=O)(=O)c2ccccc2)ccc1C(F)(F)F)C1CCN(C(=O)O)CC1. The van der Waals surface area contributed by atoms with E-state index in [-0.39, 0.29) is 30.6 Å². The monoisotopic (exact) mass is 592 g/mol. The first kappa shape index (κ1) is 30.2. The molecule has 39 heavy (non-hydrogen) atoms. The molecule has 0 atom stereocenters. The molecule has 3 amide bonds. The van der Waals surface area contributed by atoms with E-state index in [4.69, 9.17) is 5.11 Å². The Morgan fingerprint density at radius 1 is 1.00 bits per heavy atom. The van der Waals surface area contributed by atoms with Crippen LogP contribution in [0.2, 0.25) is 0 Å². The van der Waals surface area contributed by atoms with Crippen LogP contribution in [0.15, 0.2) is 63.2 Å². The van der Waals surface area contributed by atoms with Crippen molar-refractivity contribution in [2.75, 3.05) is 33.2 Å². The summed E-state index contributed by atoms with van der Waals surface area (Å²) >= 11 is 0. The number of rotatable bonds is 8. The second-order valence-electron chi connectivity index (χ2n) is 8.71. The van der Waals surface area contributed by atoms with Gasteiger partial charge in [-0.2, -0.15) is 13.2 Å². The number of benzene rings is 2. The Bertz CT molecular complexity index is 1410. The summed E-state index contributed by atoms with van der Waals surface area (Å²) in [4.78, 5) is 23.9. The number of carbonyl (C=O) groups excluding carboxylic acids is 1. The number of hydrogen-bond acceptors (Lipinski definition) is 6. The van der Waals surface area contributed by atoms with Crippen molar-refractivity contribution in [1.29, 1.82) is 0 Å². The van der Waals surface area contributed by atoms with Gasteiger partial charge in [0.15, 0.2) is 0 Å². The zero-order valence-corrected chi connectivity index (χ0v) is 22.3. The van der Waals surface area contributed by atoms with Gasteiger partial charge in [0.2, 0.25) is 19.9 Å². The van der Waals surface area contributed by atoms with Gasteiger partial charge >= 0.3 is 18.3 Å². The number of sulfonamides is 1. The lowest BCUT2D eigenvalue weighted by Gasteiger charge is -2.35. The van der Waals surface area contributed by atoms with Crippen LogP contribution in [0.5, 0.6) is 0 Å². The molecule has 0 saturated carbocycles. The van der Waals surface area contributed by atoms with E-state index in [0.29, 0.717) is 31.0 Å². The highest BCUT2D eigenvalue weighted by atomic mass is 32.2. The van der Waals surface area contributed by atoms with Crippen LogP contribution in [0.4, 0.5) is 22.8 Å². The average molecular weight is 593 g/mol. The minimum absolute atomic E-state index is 0.221. The standard InChI is InChI=1S/C23H27F3N4O7S2/c1-29(16-9-13-30(14-10-16)22(32)33)21(31)27-11-12-28-39(36,37)20-15-18(7-8-19(20)23(24,25)26)38(34,35)17-5-3-2-4-6-17/h2-8,15-16,28H,9-14H2,1H3,(H,27,31)(H,32,33). The highest BCUT2D eigenvalue weighted by Crippen LogP contribution is 2.36.